The van der Waals surface area contributed by atoms with E-state index in [1.807, 2.05) is 0 Å². The SMILES string of the molecule is CC1CCc2c(sc3ncnc(Cl)c23)C1.CN(C)C=O. The first-order valence-corrected chi connectivity index (χ1v) is 7.74. The second-order valence-corrected chi connectivity index (χ2v) is 6.71. The van der Waals surface area contributed by atoms with Crippen LogP contribution in [0.25, 0.3) is 10.2 Å². The number of hydrogen-bond donors (Lipinski definition) is 0. The van der Waals surface area contributed by atoms with Gasteiger partial charge in [0, 0.05) is 19.0 Å². The molecule has 0 bridgehead atoms. The Balaban J connectivity index is 0.000000257. The molecule has 0 saturated heterocycles. The van der Waals surface area contributed by atoms with Crippen molar-refractivity contribution >= 4 is 39.6 Å². The maximum atomic E-state index is 9.43. The number of halogens is 1. The highest BCUT2D eigenvalue weighted by molar-refractivity contribution is 7.19. The van der Waals surface area contributed by atoms with Gasteiger partial charge in [0.2, 0.25) is 6.41 Å². The Bertz CT molecular complexity index is 612. The standard InChI is InChI=1S/C11H11ClN2S.C3H7NO/c1-6-2-3-7-8(4-6)15-11-9(7)10(12)13-5-14-11;1-4(2)3-5/h5-6H,2-4H2,1H3;3H,1-2H3. The van der Waals surface area contributed by atoms with Crippen LogP contribution in [0.1, 0.15) is 23.8 Å². The lowest BCUT2D eigenvalue weighted by molar-refractivity contribution is -0.115. The van der Waals surface area contributed by atoms with Gasteiger partial charge in [-0.15, -0.1) is 11.3 Å². The summed E-state index contributed by atoms with van der Waals surface area (Å²) in [6.45, 7) is 2.31. The lowest BCUT2D eigenvalue weighted by Crippen LogP contribution is -2.08. The Hall–Kier alpha value is -1.20. The van der Waals surface area contributed by atoms with E-state index in [-0.39, 0.29) is 0 Å². The molecular weight excluding hydrogens is 294 g/mol. The molecule has 0 fully saturated rings. The lowest BCUT2D eigenvalue weighted by Gasteiger charge is -2.17. The summed E-state index contributed by atoms with van der Waals surface area (Å²) in [5.41, 5.74) is 1.40. The first-order valence-electron chi connectivity index (χ1n) is 6.55. The van der Waals surface area contributed by atoms with Crippen molar-refractivity contribution in [1.29, 1.82) is 0 Å². The average molecular weight is 312 g/mol. The van der Waals surface area contributed by atoms with E-state index in [1.54, 1.807) is 31.8 Å². The van der Waals surface area contributed by atoms with Crippen LogP contribution in [0.15, 0.2) is 6.33 Å². The van der Waals surface area contributed by atoms with Crippen LogP contribution in [-0.4, -0.2) is 35.4 Å². The molecule has 20 heavy (non-hydrogen) atoms. The van der Waals surface area contributed by atoms with Crippen molar-refractivity contribution in [3.63, 3.8) is 0 Å². The van der Waals surface area contributed by atoms with Gasteiger partial charge in [0.25, 0.3) is 0 Å². The highest BCUT2D eigenvalue weighted by atomic mass is 35.5. The maximum absolute atomic E-state index is 9.43. The largest absolute Gasteiger partial charge is 0.351 e. The number of thiophene rings is 1. The minimum absolute atomic E-state index is 0.618. The number of rotatable bonds is 1. The fourth-order valence-corrected chi connectivity index (χ4v) is 3.89. The highest BCUT2D eigenvalue weighted by Gasteiger charge is 2.22. The van der Waals surface area contributed by atoms with E-state index >= 15 is 0 Å². The van der Waals surface area contributed by atoms with Crippen molar-refractivity contribution in [1.82, 2.24) is 14.9 Å². The molecule has 1 aliphatic rings. The second-order valence-electron chi connectivity index (χ2n) is 5.27. The lowest BCUT2D eigenvalue weighted by atomic mass is 9.89. The normalized spacial score (nSPS) is 17.1. The summed E-state index contributed by atoms with van der Waals surface area (Å²) in [5, 5.41) is 1.72. The first kappa shape index (κ1) is 15.2. The number of nitrogens with zero attached hydrogens (tertiary/aromatic N) is 3. The third-order valence-electron chi connectivity index (χ3n) is 3.26. The molecule has 2 aromatic rings. The van der Waals surface area contributed by atoms with Crippen LogP contribution in [0.5, 0.6) is 0 Å². The molecule has 0 saturated carbocycles. The predicted octanol–water partition coefficient (Wildman–Crippen LogP) is 3.17. The molecule has 0 spiro atoms. The summed E-state index contributed by atoms with van der Waals surface area (Å²) >= 11 is 7.91. The van der Waals surface area contributed by atoms with Gasteiger partial charge < -0.3 is 4.90 Å². The van der Waals surface area contributed by atoms with Crippen molar-refractivity contribution in [2.24, 2.45) is 5.92 Å². The van der Waals surface area contributed by atoms with E-state index in [2.05, 4.69) is 16.9 Å². The van der Waals surface area contributed by atoms with E-state index in [9.17, 15) is 4.79 Å². The molecule has 6 heteroatoms. The quantitative estimate of drug-likeness (QED) is 0.600. The topological polar surface area (TPSA) is 46.1 Å². The summed E-state index contributed by atoms with van der Waals surface area (Å²) in [6.07, 6.45) is 5.86. The summed E-state index contributed by atoms with van der Waals surface area (Å²) in [5.74, 6) is 0.789. The van der Waals surface area contributed by atoms with Crippen LogP contribution in [0.2, 0.25) is 5.15 Å². The maximum Gasteiger partial charge on any atom is 0.209 e. The molecule has 1 amide bonds. The van der Waals surface area contributed by atoms with Crippen LogP contribution < -0.4 is 0 Å². The Morgan fingerprint density at radius 2 is 2.15 bits per heavy atom. The summed E-state index contributed by atoms with van der Waals surface area (Å²) in [7, 11) is 3.38. The van der Waals surface area contributed by atoms with Crippen molar-refractivity contribution < 1.29 is 4.79 Å². The Morgan fingerprint density at radius 3 is 2.80 bits per heavy atom. The third kappa shape index (κ3) is 3.27. The number of carbonyl (C=O) groups is 1. The molecule has 0 radical (unpaired) electrons. The fraction of sp³-hybridized carbons (Fsp3) is 0.500. The second kappa shape index (κ2) is 6.50. The van der Waals surface area contributed by atoms with E-state index < -0.39 is 0 Å². The molecule has 0 N–H and O–H groups in total. The van der Waals surface area contributed by atoms with E-state index in [4.69, 9.17) is 11.6 Å². The van der Waals surface area contributed by atoms with E-state index in [1.165, 1.54) is 28.2 Å². The monoisotopic (exact) mass is 311 g/mol. The van der Waals surface area contributed by atoms with Gasteiger partial charge in [0.1, 0.15) is 16.3 Å². The number of aromatic nitrogens is 2. The molecule has 2 aromatic heterocycles. The average Bonchev–Trinajstić information content (AvgIpc) is 2.77. The van der Waals surface area contributed by atoms with Gasteiger partial charge in [-0.25, -0.2) is 9.97 Å². The van der Waals surface area contributed by atoms with Crippen molar-refractivity contribution in [2.45, 2.75) is 26.2 Å². The Kier molecular flexibility index (Phi) is 4.94. The highest BCUT2D eigenvalue weighted by Crippen LogP contribution is 2.39. The molecule has 1 aliphatic carbocycles. The smallest absolute Gasteiger partial charge is 0.209 e. The zero-order chi connectivity index (χ0) is 14.7. The van der Waals surface area contributed by atoms with Gasteiger partial charge >= 0.3 is 0 Å². The van der Waals surface area contributed by atoms with Gasteiger partial charge in [-0.05, 0) is 30.7 Å². The number of hydrogen-bond acceptors (Lipinski definition) is 4. The van der Waals surface area contributed by atoms with Crippen LogP contribution in [-0.2, 0) is 17.6 Å². The van der Waals surface area contributed by atoms with Gasteiger partial charge in [-0.3, -0.25) is 4.79 Å². The molecule has 1 unspecified atom stereocenters. The van der Waals surface area contributed by atoms with Crippen molar-refractivity contribution in [3.8, 4) is 0 Å². The zero-order valence-corrected chi connectivity index (χ0v) is 13.5. The first-order chi connectivity index (χ1) is 9.52. The predicted molar refractivity (Wildman–Crippen MR) is 83.4 cm³/mol. The molecule has 2 heterocycles. The number of amides is 1. The Morgan fingerprint density at radius 1 is 1.45 bits per heavy atom. The van der Waals surface area contributed by atoms with Crippen LogP contribution in [0, 0.1) is 5.92 Å². The van der Waals surface area contributed by atoms with Crippen molar-refractivity contribution in [3.05, 3.63) is 21.9 Å². The minimum Gasteiger partial charge on any atom is -0.351 e. The van der Waals surface area contributed by atoms with Crippen LogP contribution in [0.4, 0.5) is 0 Å². The van der Waals surface area contributed by atoms with Gasteiger partial charge in [0.15, 0.2) is 0 Å². The molecule has 4 nitrogen and oxygen atoms in total. The van der Waals surface area contributed by atoms with Crippen LogP contribution >= 0.6 is 22.9 Å². The minimum atomic E-state index is 0.618. The van der Waals surface area contributed by atoms with Gasteiger partial charge in [-0.1, -0.05) is 18.5 Å². The Labute approximate surface area is 127 Å². The number of aryl methyl sites for hydroxylation is 1. The molecule has 0 aliphatic heterocycles. The molecule has 108 valence electrons. The molecular formula is C14H18ClN3OS. The molecule has 0 aromatic carbocycles. The zero-order valence-electron chi connectivity index (χ0n) is 11.9. The summed E-state index contributed by atoms with van der Waals surface area (Å²) in [4.78, 5) is 21.8. The van der Waals surface area contributed by atoms with E-state index in [0.29, 0.717) is 5.15 Å². The summed E-state index contributed by atoms with van der Waals surface area (Å²) < 4.78 is 0. The van der Waals surface area contributed by atoms with E-state index in [0.717, 1.165) is 29.0 Å². The molecule has 3 rings (SSSR count). The number of carbonyl (C=O) groups excluding carboxylic acids is 1. The third-order valence-corrected chi connectivity index (χ3v) is 4.71. The van der Waals surface area contributed by atoms with Crippen molar-refractivity contribution in [2.75, 3.05) is 14.1 Å². The summed E-state index contributed by atoms with van der Waals surface area (Å²) in [6, 6.07) is 0. The fourth-order valence-electron chi connectivity index (χ4n) is 2.24. The molecule has 1 atom stereocenters. The van der Waals surface area contributed by atoms with Gasteiger partial charge in [0.05, 0.1) is 5.39 Å². The van der Waals surface area contributed by atoms with Crippen LogP contribution in [0.3, 0.4) is 0 Å². The van der Waals surface area contributed by atoms with Gasteiger partial charge in [-0.2, -0.15) is 0 Å². The number of fused-ring (bicyclic) bond motifs is 3.